The van der Waals surface area contributed by atoms with Crippen LogP contribution < -0.4 is 4.74 Å². The van der Waals surface area contributed by atoms with Crippen LogP contribution in [0.4, 0.5) is 4.39 Å². The molecule has 0 heterocycles. The molecule has 0 aromatic heterocycles. The average molecular weight is 401 g/mol. The molecule has 2 rings (SSSR count). The number of benzene rings is 2. The molecule has 0 atom stereocenters. The fraction of sp³-hybridized carbons (Fsp3) is 0.176. The number of ketones is 1. The van der Waals surface area contributed by atoms with E-state index in [1.165, 1.54) is 25.3 Å². The third-order valence-corrected chi connectivity index (χ3v) is 4.82. The van der Waals surface area contributed by atoms with E-state index in [-0.39, 0.29) is 26.8 Å². The van der Waals surface area contributed by atoms with Crippen LogP contribution in [0.2, 0.25) is 5.02 Å². The third kappa shape index (κ3) is 4.59. The first-order chi connectivity index (χ1) is 12.1. The number of esters is 1. The molecule has 26 heavy (non-hydrogen) atoms. The highest BCUT2D eigenvalue weighted by molar-refractivity contribution is 7.90. The van der Waals surface area contributed by atoms with Crippen molar-refractivity contribution in [2.75, 3.05) is 20.0 Å². The predicted octanol–water partition coefficient (Wildman–Crippen LogP) is 2.93. The highest BCUT2D eigenvalue weighted by Gasteiger charge is 2.20. The zero-order valence-corrected chi connectivity index (χ0v) is 15.4. The van der Waals surface area contributed by atoms with E-state index >= 15 is 0 Å². The lowest BCUT2D eigenvalue weighted by Crippen LogP contribution is -2.16. The summed E-state index contributed by atoms with van der Waals surface area (Å²) in [5.41, 5.74) is -0.287. The Morgan fingerprint density at radius 3 is 2.42 bits per heavy atom. The maximum atomic E-state index is 13.3. The lowest BCUT2D eigenvalue weighted by atomic mass is 10.1. The van der Waals surface area contributed by atoms with Gasteiger partial charge < -0.3 is 9.47 Å². The summed E-state index contributed by atoms with van der Waals surface area (Å²) >= 11 is 5.89. The van der Waals surface area contributed by atoms with E-state index in [0.717, 1.165) is 24.5 Å². The second-order valence-electron chi connectivity index (χ2n) is 5.26. The van der Waals surface area contributed by atoms with E-state index in [4.69, 9.17) is 21.1 Å². The summed E-state index contributed by atoms with van der Waals surface area (Å²) in [6, 6.07) is 6.91. The van der Waals surface area contributed by atoms with Gasteiger partial charge in [0.05, 0.1) is 28.2 Å². The molecule has 138 valence electrons. The Morgan fingerprint density at radius 2 is 1.81 bits per heavy atom. The van der Waals surface area contributed by atoms with Gasteiger partial charge >= 0.3 is 5.97 Å². The first kappa shape index (κ1) is 19.9. The minimum atomic E-state index is -3.56. The molecule has 0 amide bonds. The van der Waals surface area contributed by atoms with Crippen LogP contribution in [0.3, 0.4) is 0 Å². The molecule has 0 aliphatic carbocycles. The number of ether oxygens (including phenoxy) is 2. The Morgan fingerprint density at radius 1 is 1.12 bits per heavy atom. The van der Waals surface area contributed by atoms with Crippen molar-refractivity contribution < 1.29 is 31.9 Å². The van der Waals surface area contributed by atoms with Crippen LogP contribution in [0.1, 0.15) is 20.7 Å². The number of Topliss-reactive ketones (excluding diaryl/α,β-unsaturated/α-hetero) is 1. The normalized spacial score (nSPS) is 11.1. The number of hydrogen-bond donors (Lipinski definition) is 0. The van der Waals surface area contributed by atoms with Gasteiger partial charge in [-0.15, -0.1) is 0 Å². The number of rotatable bonds is 6. The Balaban J connectivity index is 2.19. The van der Waals surface area contributed by atoms with Gasteiger partial charge in [-0.3, -0.25) is 4.79 Å². The Labute approximate surface area is 154 Å². The maximum Gasteiger partial charge on any atom is 0.340 e. The quantitative estimate of drug-likeness (QED) is 0.547. The molecule has 0 radical (unpaired) electrons. The van der Waals surface area contributed by atoms with Crippen LogP contribution in [0, 0.1) is 5.82 Å². The Bertz CT molecular complexity index is 971. The van der Waals surface area contributed by atoms with E-state index in [1.807, 2.05) is 0 Å². The summed E-state index contributed by atoms with van der Waals surface area (Å²) in [6.07, 6.45) is 0.977. The molecule has 0 saturated heterocycles. The minimum absolute atomic E-state index is 0.0295. The molecular formula is C17H14ClFO6S. The number of sulfone groups is 1. The zero-order chi connectivity index (χ0) is 19.5. The summed E-state index contributed by atoms with van der Waals surface area (Å²) < 4.78 is 46.3. The lowest BCUT2D eigenvalue weighted by Gasteiger charge is -2.09. The number of carbonyl (C=O) groups excluding carboxylic acids is 2. The van der Waals surface area contributed by atoms with Crippen LogP contribution in [0.25, 0.3) is 0 Å². The van der Waals surface area contributed by atoms with Crippen molar-refractivity contribution in [3.8, 4) is 5.75 Å². The molecule has 6 nitrogen and oxygen atoms in total. The fourth-order valence-corrected chi connectivity index (χ4v) is 2.92. The van der Waals surface area contributed by atoms with Crippen molar-refractivity contribution in [1.82, 2.24) is 0 Å². The van der Waals surface area contributed by atoms with Crippen LogP contribution in [0.5, 0.6) is 5.75 Å². The van der Waals surface area contributed by atoms with E-state index in [0.29, 0.717) is 0 Å². The van der Waals surface area contributed by atoms with E-state index in [9.17, 15) is 22.4 Å². The molecule has 0 unspecified atom stereocenters. The SMILES string of the molecule is COc1ccc(F)cc1C(=O)COC(=O)c1cc(S(C)(=O)=O)ccc1Cl. The smallest absolute Gasteiger partial charge is 0.340 e. The molecule has 0 N–H and O–H groups in total. The molecule has 2 aromatic rings. The van der Waals surface area contributed by atoms with Gasteiger partial charge in [-0.2, -0.15) is 0 Å². The summed E-state index contributed by atoms with van der Waals surface area (Å²) in [6.45, 7) is -0.696. The fourth-order valence-electron chi connectivity index (χ4n) is 2.08. The molecule has 0 spiro atoms. The number of halogens is 2. The zero-order valence-electron chi connectivity index (χ0n) is 13.8. The standard InChI is InChI=1S/C17H14ClFO6S/c1-24-16-6-3-10(19)7-13(16)15(20)9-25-17(21)12-8-11(26(2,22)23)4-5-14(12)18/h3-8H,9H2,1-2H3. The molecule has 0 bridgehead atoms. The van der Waals surface area contributed by atoms with E-state index in [2.05, 4.69) is 0 Å². The second kappa shape index (κ2) is 7.84. The minimum Gasteiger partial charge on any atom is -0.496 e. The highest BCUT2D eigenvalue weighted by Crippen LogP contribution is 2.23. The van der Waals surface area contributed by atoms with Crippen molar-refractivity contribution in [3.05, 3.63) is 58.4 Å². The molecule has 0 fully saturated rings. The molecular weight excluding hydrogens is 387 g/mol. The molecule has 0 saturated carbocycles. The third-order valence-electron chi connectivity index (χ3n) is 3.38. The average Bonchev–Trinajstić information content (AvgIpc) is 2.58. The van der Waals surface area contributed by atoms with Crippen LogP contribution >= 0.6 is 11.6 Å². The lowest BCUT2D eigenvalue weighted by molar-refractivity contribution is 0.0473. The maximum absolute atomic E-state index is 13.3. The first-order valence-corrected chi connectivity index (χ1v) is 9.44. The largest absolute Gasteiger partial charge is 0.496 e. The summed E-state index contributed by atoms with van der Waals surface area (Å²) in [5.74, 6) is -2.19. The van der Waals surface area contributed by atoms with Gasteiger partial charge in [-0.05, 0) is 36.4 Å². The topological polar surface area (TPSA) is 86.7 Å². The van der Waals surface area contributed by atoms with Crippen molar-refractivity contribution in [3.63, 3.8) is 0 Å². The number of methoxy groups -OCH3 is 1. The second-order valence-corrected chi connectivity index (χ2v) is 7.68. The van der Waals surface area contributed by atoms with Gasteiger partial charge in [0.25, 0.3) is 0 Å². The molecule has 2 aromatic carbocycles. The van der Waals surface area contributed by atoms with Gasteiger partial charge in [0.15, 0.2) is 16.4 Å². The summed E-state index contributed by atoms with van der Waals surface area (Å²) in [7, 11) is -2.24. The van der Waals surface area contributed by atoms with Gasteiger partial charge in [0.1, 0.15) is 11.6 Å². The predicted molar refractivity (Wildman–Crippen MR) is 92.1 cm³/mol. The van der Waals surface area contributed by atoms with Crippen LogP contribution in [0.15, 0.2) is 41.3 Å². The molecule has 0 aliphatic rings. The van der Waals surface area contributed by atoms with Gasteiger partial charge in [-0.1, -0.05) is 11.6 Å². The summed E-state index contributed by atoms with van der Waals surface area (Å²) in [4.78, 5) is 24.2. The van der Waals surface area contributed by atoms with Crippen LogP contribution in [-0.4, -0.2) is 40.1 Å². The van der Waals surface area contributed by atoms with Gasteiger partial charge in [-0.25, -0.2) is 17.6 Å². The van der Waals surface area contributed by atoms with Crippen molar-refractivity contribution in [1.29, 1.82) is 0 Å². The molecule has 9 heteroatoms. The highest BCUT2D eigenvalue weighted by atomic mass is 35.5. The van der Waals surface area contributed by atoms with Gasteiger partial charge in [0.2, 0.25) is 5.78 Å². The van der Waals surface area contributed by atoms with Crippen LogP contribution in [-0.2, 0) is 14.6 Å². The number of carbonyl (C=O) groups is 2. The van der Waals surface area contributed by atoms with Crippen molar-refractivity contribution >= 4 is 33.2 Å². The van der Waals surface area contributed by atoms with Crippen molar-refractivity contribution in [2.24, 2.45) is 0 Å². The molecule has 0 aliphatic heterocycles. The number of hydrogen-bond acceptors (Lipinski definition) is 6. The Kier molecular flexibility index (Phi) is 5.99. The van der Waals surface area contributed by atoms with Crippen molar-refractivity contribution in [2.45, 2.75) is 4.90 Å². The van der Waals surface area contributed by atoms with Gasteiger partial charge in [0, 0.05) is 6.26 Å². The summed E-state index contributed by atoms with van der Waals surface area (Å²) in [5, 5.41) is -0.0295. The Hall–Kier alpha value is -2.45. The van der Waals surface area contributed by atoms with E-state index < -0.39 is 34.0 Å². The first-order valence-electron chi connectivity index (χ1n) is 7.17. The monoisotopic (exact) mass is 400 g/mol. The van der Waals surface area contributed by atoms with E-state index in [1.54, 1.807) is 0 Å².